The first kappa shape index (κ1) is 22.3. The van der Waals surface area contributed by atoms with E-state index in [1.165, 1.54) is 6.08 Å². The van der Waals surface area contributed by atoms with Crippen LogP contribution < -0.4 is 5.32 Å². The van der Waals surface area contributed by atoms with Crippen molar-refractivity contribution in [2.75, 3.05) is 16.8 Å². The van der Waals surface area contributed by atoms with Crippen LogP contribution in [-0.2, 0) is 21.2 Å². The Kier molecular flexibility index (Phi) is 6.21. The van der Waals surface area contributed by atoms with E-state index in [0.29, 0.717) is 40.9 Å². The molecule has 1 N–H and O–H groups in total. The second-order valence-electron chi connectivity index (χ2n) is 7.93. The summed E-state index contributed by atoms with van der Waals surface area (Å²) >= 11 is 6.51. The zero-order valence-corrected chi connectivity index (χ0v) is 19.4. The quantitative estimate of drug-likeness (QED) is 0.553. The number of nitrogens with zero attached hydrogens (tertiary/aromatic N) is 4. The monoisotopic (exact) mass is 473 g/mol. The topological polar surface area (TPSA) is 98.9 Å². The van der Waals surface area contributed by atoms with E-state index in [1.807, 2.05) is 37.3 Å². The molecular weight excluding hydrogens is 450 g/mol. The lowest BCUT2D eigenvalue weighted by Crippen LogP contribution is -2.18. The van der Waals surface area contributed by atoms with Gasteiger partial charge >= 0.3 is 0 Å². The summed E-state index contributed by atoms with van der Waals surface area (Å²) < 4.78 is 27.0. The Labute approximate surface area is 191 Å². The molecule has 0 aliphatic carbocycles. The normalized spacial score (nSPS) is 17.8. The van der Waals surface area contributed by atoms with Gasteiger partial charge in [0, 0.05) is 17.7 Å². The van der Waals surface area contributed by atoms with Gasteiger partial charge in [-0.05, 0) is 31.9 Å². The molecule has 168 valence electrons. The van der Waals surface area contributed by atoms with Crippen LogP contribution in [0.15, 0.2) is 42.5 Å². The Hall–Kier alpha value is -2.91. The number of hydrogen-bond acceptors (Lipinski definition) is 5. The van der Waals surface area contributed by atoms with Crippen molar-refractivity contribution >= 4 is 39.2 Å². The van der Waals surface area contributed by atoms with E-state index >= 15 is 0 Å². The molecule has 32 heavy (non-hydrogen) atoms. The van der Waals surface area contributed by atoms with Crippen molar-refractivity contribution in [1.82, 2.24) is 19.6 Å². The van der Waals surface area contributed by atoms with Gasteiger partial charge in [-0.1, -0.05) is 41.9 Å². The molecule has 1 aromatic carbocycles. The van der Waals surface area contributed by atoms with Crippen molar-refractivity contribution in [2.24, 2.45) is 0 Å². The van der Waals surface area contributed by atoms with Gasteiger partial charge in [0.25, 0.3) is 0 Å². The molecule has 0 saturated carbocycles. The molecule has 0 radical (unpaired) electrons. The number of halogens is 1. The molecule has 10 heteroatoms. The standard InChI is InChI=1S/C22H24ClN5O3S/c1-15-12-20(28(25-15)18-10-11-32(30,31)14-18)24-21(29)9-8-19-16(2)26-27(22(19)23)13-17-6-4-3-5-7-17/h3-9,12,18H,10-11,13-14H2,1-2H3,(H,24,29)/b9-8+. The SMILES string of the molecule is Cc1cc(NC(=O)/C=C/c2c(C)nn(Cc3ccccc3)c2Cl)n(C2CCS(=O)(=O)C2)n1. The highest BCUT2D eigenvalue weighted by atomic mass is 35.5. The molecule has 2 aromatic heterocycles. The molecule has 1 atom stereocenters. The molecule has 1 aliphatic heterocycles. The van der Waals surface area contributed by atoms with Gasteiger partial charge in [0.1, 0.15) is 11.0 Å². The lowest BCUT2D eigenvalue weighted by Gasteiger charge is -2.13. The zero-order chi connectivity index (χ0) is 22.9. The van der Waals surface area contributed by atoms with Crippen molar-refractivity contribution in [3.8, 4) is 0 Å². The van der Waals surface area contributed by atoms with Gasteiger partial charge in [-0.25, -0.2) is 17.8 Å². The number of amides is 1. The summed E-state index contributed by atoms with van der Waals surface area (Å²) in [5, 5.41) is 12.1. The first-order valence-electron chi connectivity index (χ1n) is 10.2. The Morgan fingerprint density at radius 3 is 2.69 bits per heavy atom. The summed E-state index contributed by atoms with van der Waals surface area (Å²) in [4.78, 5) is 12.6. The van der Waals surface area contributed by atoms with Crippen molar-refractivity contribution in [3.05, 3.63) is 70.1 Å². The van der Waals surface area contributed by atoms with Crippen LogP contribution in [-0.4, -0.2) is 45.4 Å². The highest BCUT2D eigenvalue weighted by molar-refractivity contribution is 7.91. The predicted octanol–water partition coefficient (Wildman–Crippen LogP) is 3.41. The van der Waals surface area contributed by atoms with Crippen LogP contribution in [0.25, 0.3) is 6.08 Å². The van der Waals surface area contributed by atoms with Crippen LogP contribution in [0.5, 0.6) is 0 Å². The molecule has 1 amide bonds. The average Bonchev–Trinajstić information content (AvgIpc) is 3.36. The Balaban J connectivity index is 1.48. The molecule has 1 unspecified atom stereocenters. The van der Waals surface area contributed by atoms with Crippen LogP contribution in [0.1, 0.15) is 35.0 Å². The number of benzene rings is 1. The van der Waals surface area contributed by atoms with Gasteiger partial charge in [0.2, 0.25) is 5.91 Å². The van der Waals surface area contributed by atoms with E-state index in [2.05, 4.69) is 15.5 Å². The van der Waals surface area contributed by atoms with Crippen molar-refractivity contribution in [2.45, 2.75) is 32.9 Å². The van der Waals surface area contributed by atoms with Gasteiger partial charge in [0.05, 0.1) is 35.5 Å². The number of carbonyl (C=O) groups excluding carboxylic acids is 1. The van der Waals surface area contributed by atoms with E-state index in [0.717, 1.165) is 5.56 Å². The molecule has 3 heterocycles. The van der Waals surface area contributed by atoms with Gasteiger partial charge in [0.15, 0.2) is 9.84 Å². The number of aromatic nitrogens is 4. The molecule has 3 aromatic rings. The smallest absolute Gasteiger partial charge is 0.249 e. The first-order chi connectivity index (χ1) is 15.2. The maximum absolute atomic E-state index is 12.6. The molecule has 8 nitrogen and oxygen atoms in total. The molecule has 1 fully saturated rings. The average molecular weight is 474 g/mol. The molecule has 0 spiro atoms. The number of hydrogen-bond donors (Lipinski definition) is 1. The van der Waals surface area contributed by atoms with Gasteiger partial charge in [-0.15, -0.1) is 0 Å². The zero-order valence-electron chi connectivity index (χ0n) is 17.8. The lowest BCUT2D eigenvalue weighted by molar-refractivity contribution is -0.111. The van der Waals surface area contributed by atoms with Crippen LogP contribution in [0.3, 0.4) is 0 Å². The van der Waals surface area contributed by atoms with Crippen molar-refractivity contribution in [3.63, 3.8) is 0 Å². The number of anilines is 1. The number of carbonyl (C=O) groups is 1. The van der Waals surface area contributed by atoms with Crippen LogP contribution in [0.4, 0.5) is 5.82 Å². The second kappa shape index (κ2) is 8.91. The van der Waals surface area contributed by atoms with E-state index in [1.54, 1.807) is 28.4 Å². The third kappa shape index (κ3) is 4.94. The minimum Gasteiger partial charge on any atom is -0.307 e. The maximum atomic E-state index is 12.6. The summed E-state index contributed by atoms with van der Waals surface area (Å²) in [5.74, 6) is 0.275. The van der Waals surface area contributed by atoms with Crippen molar-refractivity contribution in [1.29, 1.82) is 0 Å². The number of aryl methyl sites for hydroxylation is 2. The summed E-state index contributed by atoms with van der Waals surface area (Å²) in [6.45, 7) is 4.17. The maximum Gasteiger partial charge on any atom is 0.249 e. The molecule has 0 bridgehead atoms. The van der Waals surface area contributed by atoms with Crippen LogP contribution in [0.2, 0.25) is 5.15 Å². The van der Waals surface area contributed by atoms with E-state index in [9.17, 15) is 13.2 Å². The second-order valence-corrected chi connectivity index (χ2v) is 10.5. The summed E-state index contributed by atoms with van der Waals surface area (Å²) in [5.41, 5.74) is 3.16. The summed E-state index contributed by atoms with van der Waals surface area (Å²) in [6.07, 6.45) is 3.51. The highest BCUT2D eigenvalue weighted by Crippen LogP contribution is 2.27. The highest BCUT2D eigenvalue weighted by Gasteiger charge is 2.31. The Morgan fingerprint density at radius 2 is 2.00 bits per heavy atom. The molecule has 1 saturated heterocycles. The Morgan fingerprint density at radius 1 is 1.25 bits per heavy atom. The number of nitrogens with one attached hydrogen (secondary N) is 1. The third-order valence-electron chi connectivity index (χ3n) is 5.35. The summed E-state index contributed by atoms with van der Waals surface area (Å²) in [6, 6.07) is 11.3. The third-order valence-corrected chi connectivity index (χ3v) is 7.50. The van der Waals surface area contributed by atoms with Crippen molar-refractivity contribution < 1.29 is 13.2 Å². The Bertz CT molecular complexity index is 1280. The molecule has 4 rings (SSSR count). The lowest BCUT2D eigenvalue weighted by atomic mass is 10.2. The minimum absolute atomic E-state index is 0.0300. The van der Waals surface area contributed by atoms with E-state index < -0.39 is 9.84 Å². The number of rotatable bonds is 6. The largest absolute Gasteiger partial charge is 0.307 e. The van der Waals surface area contributed by atoms with Gasteiger partial charge in [-0.2, -0.15) is 10.2 Å². The van der Waals surface area contributed by atoms with Gasteiger partial charge < -0.3 is 5.32 Å². The van der Waals surface area contributed by atoms with E-state index in [4.69, 9.17) is 11.6 Å². The fourth-order valence-corrected chi connectivity index (χ4v) is 5.79. The minimum atomic E-state index is -3.07. The van der Waals surface area contributed by atoms with Crippen LogP contribution >= 0.6 is 11.6 Å². The van der Waals surface area contributed by atoms with Crippen LogP contribution in [0, 0.1) is 13.8 Å². The molecular formula is C22H24ClN5O3S. The number of sulfone groups is 1. The van der Waals surface area contributed by atoms with E-state index in [-0.39, 0.29) is 23.5 Å². The summed E-state index contributed by atoms with van der Waals surface area (Å²) in [7, 11) is -3.07. The first-order valence-corrected chi connectivity index (χ1v) is 12.4. The van der Waals surface area contributed by atoms with Gasteiger partial charge in [-0.3, -0.25) is 4.79 Å². The fourth-order valence-electron chi connectivity index (χ4n) is 3.80. The predicted molar refractivity (Wildman–Crippen MR) is 124 cm³/mol. The molecule has 1 aliphatic rings. The fraction of sp³-hybridized carbons (Fsp3) is 0.318.